The molecule has 0 amide bonds. The van der Waals surface area contributed by atoms with Crippen molar-refractivity contribution in [3.8, 4) is 0 Å². The van der Waals surface area contributed by atoms with Crippen LogP contribution in [0.5, 0.6) is 0 Å². The smallest absolute Gasteiger partial charge is 0.458 e. The van der Waals surface area contributed by atoms with Gasteiger partial charge >= 0.3 is 9.53 Å². The third kappa shape index (κ3) is 9.47. The summed E-state index contributed by atoms with van der Waals surface area (Å²) >= 11 is 0. The molecule has 0 saturated carbocycles. The summed E-state index contributed by atoms with van der Waals surface area (Å²) in [5.41, 5.74) is 5.56. The number of carbonyl (C=O) groups excluding carboxylic acids is 3. The van der Waals surface area contributed by atoms with E-state index in [1.165, 1.54) is 0 Å². The Bertz CT molecular complexity index is 308. The van der Waals surface area contributed by atoms with E-state index in [4.69, 9.17) is 5.73 Å². The molecular weight excluding hydrogens is 284 g/mol. The molecule has 1 heterocycles. The minimum absolute atomic E-state index is 0.390. The van der Waals surface area contributed by atoms with E-state index in [0.29, 0.717) is 6.04 Å². The zero-order valence-electron chi connectivity index (χ0n) is 12.2. The van der Waals surface area contributed by atoms with Gasteiger partial charge in [-0.3, -0.25) is 14.4 Å². The van der Waals surface area contributed by atoms with Crippen molar-refractivity contribution in [3.05, 3.63) is 0 Å². The van der Waals surface area contributed by atoms with Crippen molar-refractivity contribution >= 4 is 27.4 Å². The highest BCUT2D eigenvalue weighted by Crippen LogP contribution is 2.04. The summed E-state index contributed by atoms with van der Waals surface area (Å²) < 4.78 is 13.5. The SMILES string of the molecule is CC(=O)O[SiH](OC(C)=O)OC(C)=O.CC(N)C1CNC1. The van der Waals surface area contributed by atoms with Crippen LogP contribution >= 0.6 is 0 Å². The van der Waals surface area contributed by atoms with Gasteiger partial charge in [0.1, 0.15) is 0 Å². The minimum Gasteiger partial charge on any atom is -0.458 e. The Morgan fingerprint density at radius 3 is 1.50 bits per heavy atom. The Kier molecular flexibility index (Phi) is 8.76. The average Bonchev–Trinajstić information content (AvgIpc) is 2.09. The van der Waals surface area contributed by atoms with Gasteiger partial charge in [-0.25, -0.2) is 0 Å². The first-order valence-corrected chi connectivity index (χ1v) is 7.61. The molecule has 1 aliphatic heterocycles. The lowest BCUT2D eigenvalue weighted by atomic mass is 9.96. The van der Waals surface area contributed by atoms with Crippen molar-refractivity contribution in [1.29, 1.82) is 0 Å². The summed E-state index contributed by atoms with van der Waals surface area (Å²) in [6.07, 6.45) is 0. The van der Waals surface area contributed by atoms with E-state index in [9.17, 15) is 14.4 Å². The predicted octanol–water partition coefficient (Wildman–Crippen LogP) is -1.05. The van der Waals surface area contributed by atoms with Gasteiger partial charge < -0.3 is 24.3 Å². The summed E-state index contributed by atoms with van der Waals surface area (Å²) in [6.45, 7) is 7.70. The monoisotopic (exact) mass is 306 g/mol. The molecule has 1 saturated heterocycles. The molecule has 0 bridgehead atoms. The summed E-state index contributed by atoms with van der Waals surface area (Å²) in [4.78, 5) is 31.3. The van der Waals surface area contributed by atoms with E-state index < -0.39 is 27.4 Å². The van der Waals surface area contributed by atoms with Crippen molar-refractivity contribution in [2.75, 3.05) is 13.1 Å². The fourth-order valence-electron chi connectivity index (χ4n) is 1.16. The molecule has 1 rings (SSSR count). The summed E-state index contributed by atoms with van der Waals surface area (Å²) in [6, 6.07) is 0.390. The quantitative estimate of drug-likeness (QED) is 0.632. The fourth-order valence-corrected chi connectivity index (χ4v) is 2.12. The maximum Gasteiger partial charge on any atom is 0.689 e. The van der Waals surface area contributed by atoms with E-state index in [-0.39, 0.29) is 0 Å². The topological polar surface area (TPSA) is 117 Å². The van der Waals surface area contributed by atoms with Gasteiger partial charge in [0.2, 0.25) is 0 Å². The molecule has 0 spiro atoms. The lowest BCUT2D eigenvalue weighted by molar-refractivity contribution is -0.144. The molecule has 0 aromatic carbocycles. The van der Waals surface area contributed by atoms with Crippen LogP contribution in [-0.4, -0.2) is 46.6 Å². The average molecular weight is 306 g/mol. The maximum atomic E-state index is 10.4. The molecule has 0 radical (unpaired) electrons. The molecule has 1 aliphatic rings. The second-order valence-corrected chi connectivity index (χ2v) is 5.68. The molecule has 3 N–H and O–H groups in total. The molecule has 116 valence electrons. The van der Waals surface area contributed by atoms with Gasteiger partial charge in [0.05, 0.1) is 0 Å². The summed E-state index contributed by atoms with van der Waals surface area (Å²) in [5, 5.41) is 3.16. The molecule has 1 fully saturated rings. The van der Waals surface area contributed by atoms with E-state index in [1.807, 2.05) is 0 Å². The molecule has 1 unspecified atom stereocenters. The Morgan fingerprint density at radius 2 is 1.40 bits per heavy atom. The fraction of sp³-hybridized carbons (Fsp3) is 0.727. The largest absolute Gasteiger partial charge is 0.689 e. The molecule has 9 heteroatoms. The lowest BCUT2D eigenvalue weighted by Crippen LogP contribution is -2.50. The number of hydrogen-bond acceptors (Lipinski definition) is 8. The number of carbonyl (C=O) groups is 3. The van der Waals surface area contributed by atoms with Gasteiger partial charge in [-0.1, -0.05) is 0 Å². The van der Waals surface area contributed by atoms with Gasteiger partial charge in [-0.05, 0) is 12.8 Å². The standard InChI is InChI=1S/C6H10O6Si.C5H12N2/c1-4(7)10-13(11-5(2)8)12-6(3)9;1-4(6)5-2-7-3-5/h13H,1-3H3;4-5,7H,2-3,6H2,1H3. The van der Waals surface area contributed by atoms with E-state index >= 15 is 0 Å². The van der Waals surface area contributed by atoms with Crippen LogP contribution in [0.4, 0.5) is 0 Å². The summed E-state index contributed by atoms with van der Waals surface area (Å²) in [5.74, 6) is -1.21. The van der Waals surface area contributed by atoms with Crippen LogP contribution in [-0.2, 0) is 27.7 Å². The highest BCUT2D eigenvalue weighted by atomic mass is 28.3. The predicted molar refractivity (Wildman–Crippen MR) is 72.5 cm³/mol. The van der Waals surface area contributed by atoms with Crippen LogP contribution in [0.3, 0.4) is 0 Å². The van der Waals surface area contributed by atoms with Crippen LogP contribution < -0.4 is 11.1 Å². The van der Waals surface area contributed by atoms with Crippen molar-refractivity contribution in [3.63, 3.8) is 0 Å². The minimum atomic E-state index is -2.96. The van der Waals surface area contributed by atoms with Crippen LogP contribution in [0.25, 0.3) is 0 Å². The van der Waals surface area contributed by atoms with Gasteiger partial charge in [0.15, 0.2) is 0 Å². The zero-order chi connectivity index (χ0) is 15.7. The number of hydrogen-bond donors (Lipinski definition) is 2. The molecular formula is C11H22N2O6Si. The van der Waals surface area contributed by atoms with Gasteiger partial charge in [0.25, 0.3) is 17.9 Å². The van der Waals surface area contributed by atoms with Crippen molar-refractivity contribution < 1.29 is 27.7 Å². The maximum absolute atomic E-state index is 10.4. The Labute approximate surface area is 119 Å². The number of rotatable bonds is 4. The van der Waals surface area contributed by atoms with Crippen LogP contribution in [0, 0.1) is 5.92 Å². The molecule has 8 nitrogen and oxygen atoms in total. The molecule has 0 aromatic rings. The first kappa shape index (κ1) is 18.5. The highest BCUT2D eigenvalue weighted by molar-refractivity contribution is 6.43. The number of nitrogens with two attached hydrogens (primary N) is 1. The van der Waals surface area contributed by atoms with Gasteiger partial charge in [0, 0.05) is 39.9 Å². The molecule has 0 aromatic heterocycles. The third-order valence-corrected chi connectivity index (χ3v) is 3.92. The second kappa shape index (κ2) is 9.45. The normalized spacial score (nSPS) is 15.3. The van der Waals surface area contributed by atoms with Crippen molar-refractivity contribution in [2.45, 2.75) is 33.7 Å². The van der Waals surface area contributed by atoms with Crippen LogP contribution in [0.1, 0.15) is 27.7 Å². The van der Waals surface area contributed by atoms with Crippen LogP contribution in [0.15, 0.2) is 0 Å². The van der Waals surface area contributed by atoms with E-state index in [1.54, 1.807) is 0 Å². The first-order chi connectivity index (χ1) is 9.22. The Hall–Kier alpha value is -1.45. The highest BCUT2D eigenvalue weighted by Gasteiger charge is 2.25. The lowest BCUT2D eigenvalue weighted by Gasteiger charge is -2.30. The van der Waals surface area contributed by atoms with E-state index in [0.717, 1.165) is 39.8 Å². The molecule has 0 aliphatic carbocycles. The van der Waals surface area contributed by atoms with Crippen molar-refractivity contribution in [1.82, 2.24) is 5.32 Å². The Balaban J connectivity index is 0.000000428. The van der Waals surface area contributed by atoms with Crippen LogP contribution in [0.2, 0.25) is 0 Å². The third-order valence-electron chi connectivity index (χ3n) is 2.34. The molecule has 1 atom stereocenters. The Morgan fingerprint density at radius 1 is 1.05 bits per heavy atom. The van der Waals surface area contributed by atoms with Gasteiger partial charge in [-0.15, -0.1) is 0 Å². The van der Waals surface area contributed by atoms with Gasteiger partial charge in [-0.2, -0.15) is 0 Å². The number of nitrogens with one attached hydrogen (secondary N) is 1. The second-order valence-electron chi connectivity index (χ2n) is 4.39. The summed E-state index contributed by atoms with van der Waals surface area (Å²) in [7, 11) is -2.96. The van der Waals surface area contributed by atoms with E-state index in [2.05, 4.69) is 25.5 Å². The van der Waals surface area contributed by atoms with Crippen molar-refractivity contribution in [2.24, 2.45) is 11.7 Å². The zero-order valence-corrected chi connectivity index (χ0v) is 13.3. The first-order valence-electron chi connectivity index (χ1n) is 6.20. The molecule has 20 heavy (non-hydrogen) atoms.